The largest absolute Gasteiger partial charge is 0.315 e. The predicted molar refractivity (Wildman–Crippen MR) is 71.3 cm³/mol. The number of nitrogens with one attached hydrogen (secondary N) is 1. The average Bonchev–Trinajstić information content (AvgIpc) is 2.98. The summed E-state index contributed by atoms with van der Waals surface area (Å²) in [5.41, 5.74) is 0. The van der Waals surface area contributed by atoms with E-state index in [1.165, 1.54) is 24.3 Å². The van der Waals surface area contributed by atoms with Gasteiger partial charge in [-0.1, -0.05) is 11.6 Å². The van der Waals surface area contributed by atoms with Crippen molar-refractivity contribution in [2.75, 3.05) is 26.7 Å². The third-order valence-electron chi connectivity index (χ3n) is 2.85. The summed E-state index contributed by atoms with van der Waals surface area (Å²) < 4.78 is 0.884. The van der Waals surface area contributed by atoms with E-state index in [1.54, 1.807) is 11.3 Å². The van der Waals surface area contributed by atoms with Crippen molar-refractivity contribution in [1.29, 1.82) is 0 Å². The first-order chi connectivity index (χ1) is 7.74. The lowest BCUT2D eigenvalue weighted by molar-refractivity contribution is 0.326. The monoisotopic (exact) mass is 258 g/mol. The van der Waals surface area contributed by atoms with E-state index in [4.69, 9.17) is 11.6 Å². The molecule has 1 aliphatic rings. The highest BCUT2D eigenvalue weighted by molar-refractivity contribution is 7.16. The molecule has 0 unspecified atom stereocenters. The van der Waals surface area contributed by atoms with Gasteiger partial charge in [-0.2, -0.15) is 0 Å². The Hall–Kier alpha value is -0.0900. The lowest BCUT2D eigenvalue weighted by Gasteiger charge is -2.15. The van der Waals surface area contributed by atoms with Gasteiger partial charge in [0.25, 0.3) is 0 Å². The maximum atomic E-state index is 5.90. The molecule has 2 rings (SSSR count). The zero-order chi connectivity index (χ0) is 11.4. The summed E-state index contributed by atoms with van der Waals surface area (Å²) in [4.78, 5) is 3.68. The Kier molecular flexibility index (Phi) is 4.65. The Morgan fingerprint density at radius 3 is 2.94 bits per heavy atom. The van der Waals surface area contributed by atoms with Gasteiger partial charge in [0.1, 0.15) is 0 Å². The van der Waals surface area contributed by atoms with Crippen LogP contribution in [0.3, 0.4) is 0 Å². The summed E-state index contributed by atoms with van der Waals surface area (Å²) in [5, 5.41) is 3.50. The molecule has 4 heteroatoms. The first-order valence-corrected chi connectivity index (χ1v) is 7.07. The minimum absolute atomic E-state index is 0.884. The second-order valence-corrected chi connectivity index (χ2v) is 6.39. The minimum atomic E-state index is 0.884. The van der Waals surface area contributed by atoms with Gasteiger partial charge in [0, 0.05) is 24.5 Å². The van der Waals surface area contributed by atoms with Crippen molar-refractivity contribution in [3.05, 3.63) is 21.3 Å². The van der Waals surface area contributed by atoms with Crippen LogP contribution in [0.15, 0.2) is 12.1 Å². The first-order valence-electron chi connectivity index (χ1n) is 5.87. The Labute approximate surface area is 107 Å². The van der Waals surface area contributed by atoms with Crippen molar-refractivity contribution in [2.45, 2.75) is 19.4 Å². The quantitative estimate of drug-likeness (QED) is 0.757. The molecule has 0 radical (unpaired) electrons. The lowest BCUT2D eigenvalue weighted by atomic mass is 10.4. The normalized spacial score (nSPS) is 15.9. The van der Waals surface area contributed by atoms with Crippen LogP contribution in [0, 0.1) is 5.92 Å². The van der Waals surface area contributed by atoms with Gasteiger partial charge in [0.2, 0.25) is 0 Å². The van der Waals surface area contributed by atoms with Crippen molar-refractivity contribution in [3.8, 4) is 0 Å². The summed E-state index contributed by atoms with van der Waals surface area (Å²) in [6, 6.07) is 4.09. The maximum absolute atomic E-state index is 5.90. The summed E-state index contributed by atoms with van der Waals surface area (Å²) in [7, 11) is 2.16. The highest BCUT2D eigenvalue weighted by atomic mass is 35.5. The molecule has 0 spiro atoms. The Balaban J connectivity index is 1.57. The fourth-order valence-corrected chi connectivity index (χ4v) is 2.85. The van der Waals surface area contributed by atoms with Crippen molar-refractivity contribution in [3.63, 3.8) is 0 Å². The number of hydrogen-bond donors (Lipinski definition) is 1. The highest BCUT2D eigenvalue weighted by Gasteiger charge is 2.19. The number of likely N-dealkylation sites (N-methyl/N-ethyl adjacent to an activating group) is 1. The number of nitrogens with zero attached hydrogens (tertiary/aromatic N) is 1. The molecule has 1 aromatic rings. The maximum Gasteiger partial charge on any atom is 0.0931 e. The van der Waals surface area contributed by atoms with E-state index in [9.17, 15) is 0 Å². The van der Waals surface area contributed by atoms with Gasteiger partial charge in [-0.25, -0.2) is 0 Å². The molecule has 1 aromatic heterocycles. The second-order valence-electron chi connectivity index (χ2n) is 4.59. The summed E-state index contributed by atoms with van der Waals surface area (Å²) in [6.45, 7) is 4.40. The average molecular weight is 259 g/mol. The van der Waals surface area contributed by atoms with Gasteiger partial charge in [-0.05, 0) is 44.5 Å². The van der Waals surface area contributed by atoms with Crippen molar-refractivity contribution in [1.82, 2.24) is 10.2 Å². The number of rotatable bonds is 7. The number of halogens is 1. The van der Waals surface area contributed by atoms with Crippen LogP contribution in [-0.4, -0.2) is 31.6 Å². The van der Waals surface area contributed by atoms with Gasteiger partial charge in [0.05, 0.1) is 4.34 Å². The third kappa shape index (κ3) is 4.42. The van der Waals surface area contributed by atoms with Crippen LogP contribution in [-0.2, 0) is 6.54 Å². The van der Waals surface area contributed by atoms with E-state index in [2.05, 4.69) is 23.3 Å². The van der Waals surface area contributed by atoms with E-state index < -0.39 is 0 Å². The molecule has 2 nitrogen and oxygen atoms in total. The van der Waals surface area contributed by atoms with Crippen LogP contribution >= 0.6 is 22.9 Å². The van der Waals surface area contributed by atoms with Crippen molar-refractivity contribution < 1.29 is 0 Å². The first kappa shape index (κ1) is 12.4. The lowest BCUT2D eigenvalue weighted by Crippen LogP contribution is -2.29. The third-order valence-corrected chi connectivity index (χ3v) is 4.07. The van der Waals surface area contributed by atoms with Crippen LogP contribution in [0.5, 0.6) is 0 Å². The van der Waals surface area contributed by atoms with Gasteiger partial charge in [-0.15, -0.1) is 11.3 Å². The van der Waals surface area contributed by atoms with Gasteiger partial charge < -0.3 is 10.2 Å². The second kappa shape index (κ2) is 6.01. The molecule has 1 fully saturated rings. The molecule has 0 aromatic carbocycles. The molecule has 0 saturated heterocycles. The minimum Gasteiger partial charge on any atom is -0.315 e. The Morgan fingerprint density at radius 2 is 2.31 bits per heavy atom. The highest BCUT2D eigenvalue weighted by Crippen LogP contribution is 2.27. The van der Waals surface area contributed by atoms with Gasteiger partial charge in [-0.3, -0.25) is 0 Å². The topological polar surface area (TPSA) is 15.3 Å². The van der Waals surface area contributed by atoms with Gasteiger partial charge in [0.15, 0.2) is 0 Å². The smallest absolute Gasteiger partial charge is 0.0931 e. The van der Waals surface area contributed by atoms with E-state index in [1.807, 2.05) is 6.07 Å². The Morgan fingerprint density at radius 1 is 1.50 bits per heavy atom. The van der Waals surface area contributed by atoms with E-state index >= 15 is 0 Å². The molecule has 90 valence electrons. The standard InChI is InChI=1S/C12H19ClN2S/c1-15(7-6-14-8-10-2-3-10)9-11-4-5-12(13)16-11/h4-5,10,14H,2-3,6-9H2,1H3. The van der Waals surface area contributed by atoms with Crippen LogP contribution < -0.4 is 5.32 Å². The molecule has 0 bridgehead atoms. The summed E-state index contributed by atoms with van der Waals surface area (Å²) in [6.07, 6.45) is 2.85. The molecular formula is C12H19ClN2S. The van der Waals surface area contributed by atoms with Crippen molar-refractivity contribution in [2.24, 2.45) is 5.92 Å². The fraction of sp³-hybridized carbons (Fsp3) is 0.667. The van der Waals surface area contributed by atoms with Crippen LogP contribution in [0.25, 0.3) is 0 Å². The molecule has 1 N–H and O–H groups in total. The molecule has 1 heterocycles. The Bertz CT molecular complexity index is 323. The predicted octanol–water partition coefficient (Wildman–Crippen LogP) is 2.83. The van der Waals surface area contributed by atoms with Gasteiger partial charge >= 0.3 is 0 Å². The van der Waals surface area contributed by atoms with E-state index in [-0.39, 0.29) is 0 Å². The molecule has 1 aliphatic carbocycles. The zero-order valence-electron chi connectivity index (χ0n) is 9.71. The van der Waals surface area contributed by atoms with Crippen LogP contribution in [0.2, 0.25) is 4.34 Å². The summed E-state index contributed by atoms with van der Waals surface area (Å²) >= 11 is 7.57. The molecule has 1 saturated carbocycles. The number of thiophene rings is 1. The molecule has 16 heavy (non-hydrogen) atoms. The van der Waals surface area contributed by atoms with Crippen LogP contribution in [0.4, 0.5) is 0 Å². The zero-order valence-corrected chi connectivity index (χ0v) is 11.3. The molecular weight excluding hydrogens is 240 g/mol. The van der Waals surface area contributed by atoms with E-state index in [0.717, 1.165) is 29.9 Å². The summed E-state index contributed by atoms with van der Waals surface area (Å²) in [5.74, 6) is 0.974. The molecule has 0 amide bonds. The van der Waals surface area contributed by atoms with Crippen molar-refractivity contribution >= 4 is 22.9 Å². The SMILES string of the molecule is CN(CCNCC1CC1)Cc1ccc(Cl)s1. The molecule has 0 atom stereocenters. The van der Waals surface area contributed by atoms with E-state index in [0.29, 0.717) is 0 Å². The number of hydrogen-bond acceptors (Lipinski definition) is 3. The fourth-order valence-electron chi connectivity index (χ4n) is 1.68. The molecule has 0 aliphatic heterocycles. The van der Waals surface area contributed by atoms with Crippen LogP contribution in [0.1, 0.15) is 17.7 Å².